The molecule has 8 nitrogen and oxygen atoms in total. The first-order valence-corrected chi connectivity index (χ1v) is 10.2. The predicted molar refractivity (Wildman–Crippen MR) is 121 cm³/mol. The number of hydrogen-bond donors (Lipinski definition) is 1. The molecule has 2 aromatic rings. The fourth-order valence-electron chi connectivity index (χ4n) is 3.95. The van der Waals surface area contributed by atoms with Crippen LogP contribution in [0.2, 0.25) is 0 Å². The van der Waals surface area contributed by atoms with Crippen molar-refractivity contribution in [1.82, 2.24) is 5.43 Å². The number of nitro benzene ring substituents is 1. The lowest BCUT2D eigenvalue weighted by Gasteiger charge is -2.45. The highest BCUT2D eigenvalue weighted by Crippen LogP contribution is 2.43. The second kappa shape index (κ2) is 8.75. The number of carbonyl (C=O) groups excluding carboxylic acids is 1. The summed E-state index contributed by atoms with van der Waals surface area (Å²) >= 11 is 0. The van der Waals surface area contributed by atoms with Crippen LogP contribution in [0, 0.1) is 17.0 Å². The van der Waals surface area contributed by atoms with Crippen molar-refractivity contribution in [3.05, 3.63) is 63.2 Å². The minimum Gasteiger partial charge on any atom is -0.477 e. The van der Waals surface area contributed by atoms with E-state index in [9.17, 15) is 14.9 Å². The summed E-state index contributed by atoms with van der Waals surface area (Å²) in [5.74, 6) is -0.0448. The van der Waals surface area contributed by atoms with Gasteiger partial charge < -0.3 is 9.64 Å². The molecule has 1 atom stereocenters. The van der Waals surface area contributed by atoms with E-state index in [1.807, 2.05) is 6.92 Å². The molecule has 31 heavy (non-hydrogen) atoms. The standard InChI is InChI=1S/C23H28N4O4/c1-15-10-20-18(16(2)12-23(3,4)26(20)5)11-17(15)13-24-25-22(28)14-31-21-9-7-6-8-19(21)27(29)30/h6-11,13,16H,12,14H2,1-5H3,(H,25,28)/b24-13+/t16-/m0/s1. The molecule has 0 radical (unpaired) electrons. The molecule has 0 spiro atoms. The lowest BCUT2D eigenvalue weighted by atomic mass is 9.79. The zero-order chi connectivity index (χ0) is 22.8. The van der Waals surface area contributed by atoms with Gasteiger partial charge in [-0.25, -0.2) is 5.43 Å². The van der Waals surface area contributed by atoms with Crippen LogP contribution in [-0.2, 0) is 4.79 Å². The first-order chi connectivity index (χ1) is 14.6. The van der Waals surface area contributed by atoms with Crippen molar-refractivity contribution in [2.75, 3.05) is 18.6 Å². The minimum atomic E-state index is -0.552. The summed E-state index contributed by atoms with van der Waals surface area (Å²) in [6, 6.07) is 10.2. The van der Waals surface area contributed by atoms with Gasteiger partial charge >= 0.3 is 5.69 Å². The number of carbonyl (C=O) groups is 1. The molecule has 0 aromatic heterocycles. The summed E-state index contributed by atoms with van der Waals surface area (Å²) in [5.41, 5.74) is 6.80. The number of anilines is 1. The van der Waals surface area contributed by atoms with Crippen LogP contribution in [0.25, 0.3) is 0 Å². The second-order valence-corrected chi connectivity index (χ2v) is 8.55. The van der Waals surface area contributed by atoms with Gasteiger partial charge in [0.25, 0.3) is 5.91 Å². The fourth-order valence-corrected chi connectivity index (χ4v) is 3.95. The number of nitrogens with one attached hydrogen (secondary N) is 1. The number of nitro groups is 1. The number of amides is 1. The summed E-state index contributed by atoms with van der Waals surface area (Å²) in [7, 11) is 2.12. The van der Waals surface area contributed by atoms with Crippen molar-refractivity contribution in [1.29, 1.82) is 0 Å². The van der Waals surface area contributed by atoms with Crippen LogP contribution in [-0.4, -0.2) is 36.2 Å². The molecule has 0 fully saturated rings. The van der Waals surface area contributed by atoms with Gasteiger partial charge in [-0.05, 0) is 68.0 Å². The highest BCUT2D eigenvalue weighted by atomic mass is 16.6. The Balaban J connectivity index is 1.66. The number of benzene rings is 2. The summed E-state index contributed by atoms with van der Waals surface area (Å²) in [6.45, 7) is 8.37. The van der Waals surface area contributed by atoms with Gasteiger partial charge in [0, 0.05) is 24.3 Å². The number of hydrazone groups is 1. The molecule has 8 heteroatoms. The second-order valence-electron chi connectivity index (χ2n) is 8.55. The van der Waals surface area contributed by atoms with Crippen LogP contribution >= 0.6 is 0 Å². The van der Waals surface area contributed by atoms with Gasteiger partial charge in [-0.3, -0.25) is 14.9 Å². The van der Waals surface area contributed by atoms with Crippen LogP contribution in [0.15, 0.2) is 41.5 Å². The molecule has 3 rings (SSSR count). The molecule has 0 bridgehead atoms. The molecule has 2 aromatic carbocycles. The van der Waals surface area contributed by atoms with Gasteiger partial charge in [-0.15, -0.1) is 0 Å². The molecule has 1 aliphatic heterocycles. The minimum absolute atomic E-state index is 0.0400. The molecule has 0 unspecified atom stereocenters. The van der Waals surface area contributed by atoms with E-state index in [0.29, 0.717) is 5.92 Å². The van der Waals surface area contributed by atoms with Crippen molar-refractivity contribution in [2.45, 2.75) is 45.6 Å². The van der Waals surface area contributed by atoms with Gasteiger partial charge in [0.05, 0.1) is 11.1 Å². The highest BCUT2D eigenvalue weighted by molar-refractivity contribution is 5.86. The number of aryl methyl sites for hydroxylation is 1. The topological polar surface area (TPSA) is 97.1 Å². The summed E-state index contributed by atoms with van der Waals surface area (Å²) in [4.78, 5) is 24.8. The zero-order valence-electron chi connectivity index (χ0n) is 18.5. The number of rotatable bonds is 6. The predicted octanol–water partition coefficient (Wildman–Crippen LogP) is 4.15. The fraction of sp³-hybridized carbons (Fsp3) is 0.391. The van der Waals surface area contributed by atoms with E-state index >= 15 is 0 Å². The normalized spacial score (nSPS) is 17.3. The molecule has 164 valence electrons. The van der Waals surface area contributed by atoms with E-state index in [4.69, 9.17) is 4.74 Å². The number of para-hydroxylation sites is 2. The third-order valence-corrected chi connectivity index (χ3v) is 5.83. The molecule has 1 aliphatic rings. The molecule has 1 amide bonds. The van der Waals surface area contributed by atoms with Crippen molar-refractivity contribution >= 4 is 23.5 Å². The van der Waals surface area contributed by atoms with Gasteiger partial charge in [0.15, 0.2) is 12.4 Å². The van der Waals surface area contributed by atoms with Crippen LogP contribution in [0.1, 0.15) is 49.8 Å². The average molecular weight is 425 g/mol. The quantitative estimate of drug-likeness (QED) is 0.427. The van der Waals surface area contributed by atoms with E-state index in [0.717, 1.165) is 17.5 Å². The van der Waals surface area contributed by atoms with Gasteiger partial charge in [-0.1, -0.05) is 19.1 Å². The summed E-state index contributed by atoms with van der Waals surface area (Å²) in [6.07, 6.45) is 2.67. The van der Waals surface area contributed by atoms with Crippen LogP contribution in [0.3, 0.4) is 0 Å². The summed E-state index contributed by atoms with van der Waals surface area (Å²) in [5, 5.41) is 15.0. The Morgan fingerprint density at radius 3 is 2.81 bits per heavy atom. The van der Waals surface area contributed by atoms with E-state index in [2.05, 4.69) is 55.4 Å². The van der Waals surface area contributed by atoms with E-state index in [1.54, 1.807) is 12.3 Å². The Bertz CT molecular complexity index is 1030. The Kier molecular flexibility index (Phi) is 6.29. The number of fused-ring (bicyclic) bond motifs is 1. The maximum Gasteiger partial charge on any atom is 0.310 e. The van der Waals surface area contributed by atoms with E-state index < -0.39 is 10.8 Å². The first-order valence-electron chi connectivity index (χ1n) is 10.2. The molecule has 0 aliphatic carbocycles. The van der Waals surface area contributed by atoms with Crippen LogP contribution in [0.5, 0.6) is 5.75 Å². The number of nitrogens with zero attached hydrogens (tertiary/aromatic N) is 3. The van der Waals surface area contributed by atoms with Crippen molar-refractivity contribution in [3.8, 4) is 5.75 Å². The molecular weight excluding hydrogens is 396 g/mol. The Labute approximate surface area is 182 Å². The molecule has 1 N–H and O–H groups in total. The lowest BCUT2D eigenvalue weighted by molar-refractivity contribution is -0.385. The van der Waals surface area contributed by atoms with E-state index in [-0.39, 0.29) is 23.6 Å². The number of hydrogen-bond acceptors (Lipinski definition) is 6. The van der Waals surface area contributed by atoms with Crippen LogP contribution in [0.4, 0.5) is 11.4 Å². The average Bonchev–Trinajstić information content (AvgIpc) is 2.71. The molecular formula is C23H28N4O4. The third-order valence-electron chi connectivity index (χ3n) is 5.83. The van der Waals surface area contributed by atoms with Crippen molar-refractivity contribution in [2.24, 2.45) is 5.10 Å². The smallest absolute Gasteiger partial charge is 0.310 e. The SMILES string of the molecule is Cc1cc2c(cc1/C=N/NC(=O)COc1ccccc1[N+](=O)[O-])[C@@H](C)CC(C)(C)N2C. The maximum atomic E-state index is 12.0. The van der Waals surface area contributed by atoms with Crippen molar-refractivity contribution in [3.63, 3.8) is 0 Å². The monoisotopic (exact) mass is 424 g/mol. The van der Waals surface area contributed by atoms with Gasteiger partial charge in [-0.2, -0.15) is 5.10 Å². The Morgan fingerprint density at radius 2 is 2.10 bits per heavy atom. The third kappa shape index (κ3) is 4.84. The lowest BCUT2D eigenvalue weighted by Crippen LogP contribution is -2.45. The first kappa shape index (κ1) is 22.3. The molecule has 0 saturated carbocycles. The molecule has 0 saturated heterocycles. The highest BCUT2D eigenvalue weighted by Gasteiger charge is 2.34. The zero-order valence-corrected chi connectivity index (χ0v) is 18.5. The Morgan fingerprint density at radius 1 is 1.39 bits per heavy atom. The Hall–Kier alpha value is -3.42. The number of ether oxygens (including phenoxy) is 1. The van der Waals surface area contributed by atoms with Gasteiger partial charge in [0.1, 0.15) is 0 Å². The molecule has 1 heterocycles. The van der Waals surface area contributed by atoms with Gasteiger partial charge in [0.2, 0.25) is 0 Å². The largest absolute Gasteiger partial charge is 0.477 e. The van der Waals surface area contributed by atoms with Crippen LogP contribution < -0.4 is 15.1 Å². The summed E-state index contributed by atoms with van der Waals surface area (Å²) < 4.78 is 5.27. The van der Waals surface area contributed by atoms with E-state index in [1.165, 1.54) is 29.4 Å². The maximum absolute atomic E-state index is 12.0. The van der Waals surface area contributed by atoms with Crippen molar-refractivity contribution < 1.29 is 14.5 Å².